The van der Waals surface area contributed by atoms with E-state index in [0.717, 1.165) is 24.2 Å². The molecule has 0 unspecified atom stereocenters. The number of fused-ring (bicyclic) bond motifs is 1. The minimum atomic E-state index is -0.0759. The Labute approximate surface area is 152 Å². The van der Waals surface area contributed by atoms with Gasteiger partial charge < -0.3 is 9.88 Å². The highest BCUT2D eigenvalue weighted by molar-refractivity contribution is 5.95. The zero-order valence-corrected chi connectivity index (χ0v) is 15.2. The molecule has 0 bridgehead atoms. The second kappa shape index (κ2) is 7.05. The Bertz CT molecular complexity index is 863. The van der Waals surface area contributed by atoms with Crippen molar-refractivity contribution in [1.29, 1.82) is 0 Å². The van der Waals surface area contributed by atoms with Crippen LogP contribution in [0.4, 0.5) is 0 Å². The molecule has 2 aromatic heterocycles. The van der Waals surface area contributed by atoms with E-state index in [1.54, 1.807) is 13.1 Å². The molecule has 0 aromatic carbocycles. The molecule has 1 aliphatic carbocycles. The summed E-state index contributed by atoms with van der Waals surface area (Å²) >= 11 is 0. The van der Waals surface area contributed by atoms with Crippen LogP contribution in [0.1, 0.15) is 71.2 Å². The van der Waals surface area contributed by atoms with Crippen molar-refractivity contribution in [3.63, 3.8) is 0 Å². The van der Waals surface area contributed by atoms with E-state index in [9.17, 15) is 9.59 Å². The predicted octanol–water partition coefficient (Wildman–Crippen LogP) is 2.09. The first kappa shape index (κ1) is 17.0. The van der Waals surface area contributed by atoms with Crippen molar-refractivity contribution in [2.75, 3.05) is 13.1 Å². The first-order valence-electron chi connectivity index (χ1n) is 9.54. The van der Waals surface area contributed by atoms with Gasteiger partial charge in [-0.2, -0.15) is 5.10 Å². The first-order chi connectivity index (χ1) is 12.6. The van der Waals surface area contributed by atoms with Crippen LogP contribution in [0.5, 0.6) is 0 Å². The van der Waals surface area contributed by atoms with Gasteiger partial charge in [0.25, 0.3) is 11.5 Å². The number of amides is 1. The lowest BCUT2D eigenvalue weighted by atomic mass is 9.85. The number of carbonyl (C=O) groups is 1. The number of nitrogens with one attached hydrogen (secondary N) is 2. The summed E-state index contributed by atoms with van der Waals surface area (Å²) in [5.41, 5.74) is 3.14. The van der Waals surface area contributed by atoms with Crippen molar-refractivity contribution in [1.82, 2.24) is 25.1 Å². The topological polar surface area (TPSA) is 94.7 Å². The van der Waals surface area contributed by atoms with Gasteiger partial charge in [-0.05, 0) is 26.2 Å². The molecule has 4 rings (SSSR count). The van der Waals surface area contributed by atoms with E-state index < -0.39 is 0 Å². The zero-order chi connectivity index (χ0) is 18.1. The number of hydrogen-bond donors (Lipinski definition) is 2. The van der Waals surface area contributed by atoms with Crippen molar-refractivity contribution in [2.45, 2.75) is 57.8 Å². The molecule has 0 saturated heterocycles. The summed E-state index contributed by atoms with van der Waals surface area (Å²) in [6.45, 7) is 2.91. The van der Waals surface area contributed by atoms with Gasteiger partial charge in [0, 0.05) is 31.0 Å². The van der Waals surface area contributed by atoms with Crippen LogP contribution >= 0.6 is 0 Å². The molecular weight excluding hydrogens is 330 g/mol. The van der Waals surface area contributed by atoms with Crippen molar-refractivity contribution in [2.24, 2.45) is 0 Å². The molecule has 3 heterocycles. The van der Waals surface area contributed by atoms with E-state index in [1.165, 1.54) is 19.3 Å². The van der Waals surface area contributed by atoms with Crippen LogP contribution in [0.2, 0.25) is 0 Å². The molecule has 7 heteroatoms. The van der Waals surface area contributed by atoms with E-state index in [0.29, 0.717) is 48.8 Å². The number of hydrogen-bond acceptors (Lipinski definition) is 4. The fourth-order valence-electron chi connectivity index (χ4n) is 4.28. The summed E-state index contributed by atoms with van der Waals surface area (Å²) < 4.78 is 0. The maximum Gasteiger partial charge on any atom is 0.257 e. The third-order valence-electron chi connectivity index (χ3n) is 5.67. The van der Waals surface area contributed by atoms with Gasteiger partial charge in [0.15, 0.2) is 0 Å². The number of nitrogens with zero attached hydrogens (tertiary/aromatic N) is 3. The van der Waals surface area contributed by atoms with Crippen LogP contribution in [0.15, 0.2) is 11.0 Å². The van der Waals surface area contributed by atoms with Crippen molar-refractivity contribution in [3.8, 4) is 0 Å². The Balaban J connectivity index is 1.54. The number of aromatic nitrogens is 4. The summed E-state index contributed by atoms with van der Waals surface area (Å²) in [5.74, 6) is 1.05. The molecule has 26 heavy (non-hydrogen) atoms. The molecule has 1 aliphatic heterocycles. The third-order valence-corrected chi connectivity index (χ3v) is 5.67. The van der Waals surface area contributed by atoms with Gasteiger partial charge in [0.2, 0.25) is 0 Å². The Hall–Kier alpha value is -2.44. The quantitative estimate of drug-likeness (QED) is 0.862. The maximum absolute atomic E-state index is 13.1. The lowest BCUT2D eigenvalue weighted by Gasteiger charge is -2.24. The lowest BCUT2D eigenvalue weighted by Crippen LogP contribution is -2.34. The predicted molar refractivity (Wildman–Crippen MR) is 97.3 cm³/mol. The standard InChI is InChI=1S/C19H25N5O2/c1-12-21-16-8-10-24(9-7-14(16)18(25)22-12)19(26)15-11-20-23-17(15)13-5-3-2-4-6-13/h11,13H,2-10H2,1H3,(H,20,23)(H,21,22,25). The van der Waals surface area contributed by atoms with Crippen LogP contribution in [0, 0.1) is 6.92 Å². The zero-order valence-electron chi connectivity index (χ0n) is 15.2. The van der Waals surface area contributed by atoms with Gasteiger partial charge in [-0.15, -0.1) is 0 Å². The van der Waals surface area contributed by atoms with Crippen LogP contribution in [0.3, 0.4) is 0 Å². The normalized spacial score (nSPS) is 18.4. The average molecular weight is 355 g/mol. The minimum Gasteiger partial charge on any atom is -0.338 e. The van der Waals surface area contributed by atoms with E-state index in [1.807, 2.05) is 4.90 Å². The van der Waals surface area contributed by atoms with Gasteiger partial charge in [-0.25, -0.2) is 4.98 Å². The van der Waals surface area contributed by atoms with E-state index in [4.69, 9.17) is 0 Å². The summed E-state index contributed by atoms with van der Waals surface area (Å²) in [6, 6.07) is 0. The van der Waals surface area contributed by atoms with Gasteiger partial charge in [0.1, 0.15) is 5.82 Å². The van der Waals surface area contributed by atoms with Gasteiger partial charge in [0.05, 0.1) is 23.1 Å². The Morgan fingerprint density at radius 3 is 2.77 bits per heavy atom. The van der Waals surface area contributed by atoms with Gasteiger partial charge in [-0.1, -0.05) is 19.3 Å². The van der Waals surface area contributed by atoms with Crippen molar-refractivity contribution >= 4 is 5.91 Å². The van der Waals surface area contributed by atoms with Crippen LogP contribution in [-0.4, -0.2) is 44.1 Å². The molecule has 0 radical (unpaired) electrons. The molecule has 2 aromatic rings. The van der Waals surface area contributed by atoms with Gasteiger partial charge in [-0.3, -0.25) is 14.7 Å². The monoisotopic (exact) mass is 355 g/mol. The van der Waals surface area contributed by atoms with Crippen LogP contribution in [0.25, 0.3) is 0 Å². The molecule has 1 saturated carbocycles. The largest absolute Gasteiger partial charge is 0.338 e. The van der Waals surface area contributed by atoms with Crippen LogP contribution < -0.4 is 5.56 Å². The maximum atomic E-state index is 13.1. The molecule has 1 fully saturated rings. The van der Waals surface area contributed by atoms with E-state index in [-0.39, 0.29) is 11.5 Å². The second-order valence-corrected chi connectivity index (χ2v) is 7.40. The third kappa shape index (κ3) is 3.18. The fourth-order valence-corrected chi connectivity index (χ4v) is 4.28. The average Bonchev–Trinajstić information content (AvgIpc) is 3.03. The number of carbonyl (C=O) groups excluding carboxylic acids is 1. The van der Waals surface area contributed by atoms with Crippen LogP contribution in [-0.2, 0) is 12.8 Å². The number of aromatic amines is 2. The highest BCUT2D eigenvalue weighted by Gasteiger charge is 2.28. The second-order valence-electron chi connectivity index (χ2n) is 7.40. The molecule has 138 valence electrons. The molecule has 0 atom stereocenters. The lowest BCUT2D eigenvalue weighted by molar-refractivity contribution is 0.0761. The molecule has 7 nitrogen and oxygen atoms in total. The smallest absolute Gasteiger partial charge is 0.257 e. The Morgan fingerprint density at radius 2 is 1.96 bits per heavy atom. The number of rotatable bonds is 2. The molecular formula is C19H25N5O2. The summed E-state index contributed by atoms with van der Waals surface area (Å²) in [7, 11) is 0. The Morgan fingerprint density at radius 1 is 1.19 bits per heavy atom. The summed E-state index contributed by atoms with van der Waals surface area (Å²) in [4.78, 5) is 34.4. The van der Waals surface area contributed by atoms with E-state index >= 15 is 0 Å². The highest BCUT2D eigenvalue weighted by atomic mass is 16.2. The molecule has 1 amide bonds. The summed E-state index contributed by atoms with van der Waals surface area (Å²) in [6.07, 6.45) is 8.76. The first-order valence-corrected chi connectivity index (χ1v) is 9.54. The number of H-pyrrole nitrogens is 2. The summed E-state index contributed by atoms with van der Waals surface area (Å²) in [5, 5.41) is 7.24. The molecule has 0 spiro atoms. The van der Waals surface area contributed by atoms with Crippen molar-refractivity contribution < 1.29 is 4.79 Å². The molecule has 2 aliphatic rings. The highest BCUT2D eigenvalue weighted by Crippen LogP contribution is 2.33. The van der Waals surface area contributed by atoms with Gasteiger partial charge >= 0.3 is 0 Å². The van der Waals surface area contributed by atoms with Crippen molar-refractivity contribution in [3.05, 3.63) is 44.9 Å². The SMILES string of the molecule is Cc1nc2c(c(=O)[nH]1)CCN(C(=O)c1cn[nH]c1C1CCCCC1)CC2. The Kier molecular flexibility index (Phi) is 4.61. The number of aryl methyl sites for hydroxylation is 1. The molecule has 2 N–H and O–H groups in total. The minimum absolute atomic E-state index is 0.0141. The van der Waals surface area contributed by atoms with E-state index in [2.05, 4.69) is 20.2 Å². The fraction of sp³-hybridized carbons (Fsp3) is 0.579.